The zero-order chi connectivity index (χ0) is 18.3. The van der Waals surface area contributed by atoms with Gasteiger partial charge >= 0.3 is 0 Å². The summed E-state index contributed by atoms with van der Waals surface area (Å²) in [5.74, 6) is -0.164. The molecule has 2 aliphatic rings. The Hall–Kier alpha value is -2.66. The molecular formula is C21H22FN3O. The lowest BCUT2D eigenvalue weighted by molar-refractivity contribution is -0.134. The van der Waals surface area contributed by atoms with E-state index < -0.39 is 0 Å². The SMILES string of the molecule is Cc1ccc(CN2C=CN3NC(c4ccc(F)cc4)CC3C2=O)cc1C. The van der Waals surface area contributed by atoms with Gasteiger partial charge in [-0.05, 0) is 54.7 Å². The van der Waals surface area contributed by atoms with Gasteiger partial charge in [-0.2, -0.15) is 0 Å². The highest BCUT2D eigenvalue weighted by Crippen LogP contribution is 2.31. The van der Waals surface area contributed by atoms with Gasteiger partial charge in [-0.25, -0.2) is 9.82 Å². The van der Waals surface area contributed by atoms with Crippen molar-refractivity contribution in [1.82, 2.24) is 15.3 Å². The minimum atomic E-state index is -0.250. The molecule has 0 radical (unpaired) electrons. The fourth-order valence-corrected chi connectivity index (χ4v) is 3.58. The second kappa shape index (κ2) is 6.57. The molecule has 1 amide bonds. The molecule has 0 bridgehead atoms. The van der Waals surface area contributed by atoms with E-state index in [2.05, 4.69) is 37.5 Å². The summed E-state index contributed by atoms with van der Waals surface area (Å²) in [6.45, 7) is 4.74. The predicted molar refractivity (Wildman–Crippen MR) is 98.1 cm³/mol. The molecule has 0 saturated carbocycles. The van der Waals surface area contributed by atoms with Gasteiger partial charge in [0, 0.05) is 12.4 Å². The van der Waals surface area contributed by atoms with Crippen LogP contribution in [-0.2, 0) is 11.3 Å². The van der Waals surface area contributed by atoms with E-state index in [0.717, 1.165) is 11.1 Å². The van der Waals surface area contributed by atoms with Gasteiger partial charge in [0.2, 0.25) is 0 Å². The third kappa shape index (κ3) is 3.10. The number of rotatable bonds is 3. The van der Waals surface area contributed by atoms with Crippen LogP contribution in [0.1, 0.15) is 34.7 Å². The fourth-order valence-electron chi connectivity index (χ4n) is 3.58. The van der Waals surface area contributed by atoms with Gasteiger partial charge in [0.15, 0.2) is 0 Å². The number of fused-ring (bicyclic) bond motifs is 1. The number of hydrogen-bond donors (Lipinski definition) is 1. The highest BCUT2D eigenvalue weighted by atomic mass is 19.1. The second-order valence-electron chi connectivity index (χ2n) is 7.07. The van der Waals surface area contributed by atoms with Crippen LogP contribution >= 0.6 is 0 Å². The number of nitrogens with zero attached hydrogens (tertiary/aromatic N) is 2. The van der Waals surface area contributed by atoms with Crippen molar-refractivity contribution in [1.29, 1.82) is 0 Å². The summed E-state index contributed by atoms with van der Waals surface area (Å²) in [6.07, 6.45) is 4.41. The molecule has 2 atom stereocenters. The van der Waals surface area contributed by atoms with E-state index in [1.807, 2.05) is 17.4 Å². The molecule has 26 heavy (non-hydrogen) atoms. The van der Waals surface area contributed by atoms with Crippen LogP contribution in [0.4, 0.5) is 4.39 Å². The van der Waals surface area contributed by atoms with Crippen molar-refractivity contribution >= 4 is 5.91 Å². The summed E-state index contributed by atoms with van der Waals surface area (Å²) in [6, 6.07) is 12.5. The first-order chi connectivity index (χ1) is 12.5. The van der Waals surface area contributed by atoms with Crippen LogP contribution < -0.4 is 5.43 Å². The molecule has 4 nitrogen and oxygen atoms in total. The number of halogens is 1. The van der Waals surface area contributed by atoms with Gasteiger partial charge < -0.3 is 9.91 Å². The number of hydrazine groups is 1. The van der Waals surface area contributed by atoms with E-state index in [1.54, 1.807) is 17.0 Å². The van der Waals surface area contributed by atoms with Gasteiger partial charge in [0.05, 0.1) is 12.6 Å². The van der Waals surface area contributed by atoms with Crippen LogP contribution in [0.2, 0.25) is 0 Å². The van der Waals surface area contributed by atoms with Crippen molar-refractivity contribution < 1.29 is 9.18 Å². The summed E-state index contributed by atoms with van der Waals surface area (Å²) in [4.78, 5) is 14.7. The van der Waals surface area contributed by atoms with Crippen LogP contribution in [-0.4, -0.2) is 21.9 Å². The monoisotopic (exact) mass is 351 g/mol. The Bertz CT molecular complexity index is 862. The molecule has 2 unspecified atom stereocenters. The van der Waals surface area contributed by atoms with E-state index >= 15 is 0 Å². The molecule has 1 fully saturated rings. The van der Waals surface area contributed by atoms with Gasteiger partial charge in [-0.15, -0.1) is 0 Å². The van der Waals surface area contributed by atoms with Crippen LogP contribution in [0.25, 0.3) is 0 Å². The van der Waals surface area contributed by atoms with Gasteiger partial charge in [-0.3, -0.25) is 4.79 Å². The number of benzene rings is 2. The largest absolute Gasteiger partial charge is 0.311 e. The first-order valence-electron chi connectivity index (χ1n) is 8.86. The van der Waals surface area contributed by atoms with Crippen LogP contribution in [0.15, 0.2) is 54.9 Å². The first-order valence-corrected chi connectivity index (χ1v) is 8.86. The van der Waals surface area contributed by atoms with E-state index in [9.17, 15) is 9.18 Å². The molecule has 134 valence electrons. The molecular weight excluding hydrogens is 329 g/mol. The van der Waals surface area contributed by atoms with Crippen molar-refractivity contribution in [2.45, 2.75) is 38.9 Å². The highest BCUT2D eigenvalue weighted by Gasteiger charge is 2.39. The van der Waals surface area contributed by atoms with Crippen LogP contribution in [0.5, 0.6) is 0 Å². The molecule has 5 heteroatoms. The minimum Gasteiger partial charge on any atom is -0.311 e. The van der Waals surface area contributed by atoms with Crippen molar-refractivity contribution in [2.24, 2.45) is 0 Å². The quantitative estimate of drug-likeness (QED) is 0.918. The topological polar surface area (TPSA) is 35.6 Å². The zero-order valence-electron chi connectivity index (χ0n) is 14.9. The summed E-state index contributed by atoms with van der Waals surface area (Å²) in [7, 11) is 0. The maximum atomic E-state index is 13.1. The summed E-state index contributed by atoms with van der Waals surface area (Å²) < 4.78 is 13.1. The summed E-state index contributed by atoms with van der Waals surface area (Å²) >= 11 is 0. The Morgan fingerprint density at radius 1 is 1.08 bits per heavy atom. The lowest BCUT2D eigenvalue weighted by Gasteiger charge is -2.32. The smallest absolute Gasteiger partial charge is 0.251 e. The third-order valence-electron chi connectivity index (χ3n) is 5.27. The number of hydrogen-bond acceptors (Lipinski definition) is 3. The van der Waals surface area contributed by atoms with Crippen LogP contribution in [0, 0.1) is 19.7 Å². The highest BCUT2D eigenvalue weighted by molar-refractivity contribution is 5.84. The zero-order valence-corrected chi connectivity index (χ0v) is 14.9. The molecule has 0 spiro atoms. The Labute approximate surface area is 152 Å². The van der Waals surface area contributed by atoms with E-state index in [1.165, 1.54) is 23.3 Å². The lowest BCUT2D eigenvalue weighted by atomic mass is 10.0. The summed E-state index contributed by atoms with van der Waals surface area (Å²) in [5, 5.41) is 1.87. The Kier molecular flexibility index (Phi) is 4.24. The molecule has 1 saturated heterocycles. The van der Waals surface area contributed by atoms with Crippen molar-refractivity contribution in [2.75, 3.05) is 0 Å². The fraction of sp³-hybridized carbons (Fsp3) is 0.286. The number of amides is 1. The molecule has 1 N–H and O–H groups in total. The van der Waals surface area contributed by atoms with Crippen molar-refractivity contribution in [3.05, 3.63) is 82.9 Å². The number of aryl methyl sites for hydroxylation is 2. The van der Waals surface area contributed by atoms with Crippen molar-refractivity contribution in [3.8, 4) is 0 Å². The molecule has 2 aromatic rings. The normalized spacial score (nSPS) is 22.0. The molecule has 2 aromatic carbocycles. The molecule has 2 aliphatic heterocycles. The maximum absolute atomic E-state index is 13.1. The number of carbonyl (C=O) groups excluding carboxylic acids is 1. The molecule has 0 aromatic heterocycles. The standard InChI is InChI=1S/C21H22FN3O/c1-14-3-4-16(11-15(14)2)13-24-9-10-25-20(21(24)26)12-19(23-25)17-5-7-18(22)8-6-17/h3-11,19-20,23H,12-13H2,1-2H3. The Morgan fingerprint density at radius 3 is 2.58 bits per heavy atom. The third-order valence-corrected chi connectivity index (χ3v) is 5.27. The number of carbonyl (C=O) groups is 1. The Balaban J connectivity index is 1.48. The van der Waals surface area contributed by atoms with Crippen molar-refractivity contribution in [3.63, 3.8) is 0 Å². The van der Waals surface area contributed by atoms with E-state index in [0.29, 0.717) is 13.0 Å². The van der Waals surface area contributed by atoms with Gasteiger partial charge in [0.25, 0.3) is 5.91 Å². The molecule has 0 aliphatic carbocycles. The number of nitrogens with one attached hydrogen (secondary N) is 1. The molecule has 4 rings (SSSR count). The average molecular weight is 351 g/mol. The predicted octanol–water partition coefficient (Wildman–Crippen LogP) is 3.58. The Morgan fingerprint density at radius 2 is 1.85 bits per heavy atom. The lowest BCUT2D eigenvalue weighted by Crippen LogP contribution is -2.47. The van der Waals surface area contributed by atoms with Crippen LogP contribution in [0.3, 0.4) is 0 Å². The van der Waals surface area contributed by atoms with E-state index in [4.69, 9.17) is 0 Å². The van der Waals surface area contributed by atoms with Gasteiger partial charge in [0.1, 0.15) is 11.9 Å². The second-order valence-corrected chi connectivity index (χ2v) is 7.07. The van der Waals surface area contributed by atoms with E-state index in [-0.39, 0.29) is 23.8 Å². The maximum Gasteiger partial charge on any atom is 0.251 e. The molecule has 2 heterocycles. The minimum absolute atomic E-state index is 0.00997. The van der Waals surface area contributed by atoms with Gasteiger partial charge in [-0.1, -0.05) is 30.3 Å². The average Bonchev–Trinajstić information content (AvgIpc) is 3.06. The first kappa shape index (κ1) is 16.8. The summed E-state index contributed by atoms with van der Waals surface area (Å²) in [5.41, 5.74) is 7.94.